The van der Waals surface area contributed by atoms with Gasteiger partial charge in [-0.25, -0.2) is 13.9 Å². The molecule has 1 rings (SSSR count). The van der Waals surface area contributed by atoms with Crippen molar-refractivity contribution in [2.24, 2.45) is 17.8 Å². The van der Waals surface area contributed by atoms with Crippen LogP contribution >= 0.6 is 0 Å². The van der Waals surface area contributed by atoms with E-state index in [2.05, 4.69) is 5.43 Å². The lowest BCUT2D eigenvalue weighted by Crippen LogP contribution is -2.53. The summed E-state index contributed by atoms with van der Waals surface area (Å²) in [6, 6.07) is 8.98. The highest BCUT2D eigenvalue weighted by molar-refractivity contribution is 7.88. The van der Waals surface area contributed by atoms with Crippen LogP contribution in [-0.2, 0) is 19.6 Å². The zero-order chi connectivity index (χ0) is 22.9. The van der Waals surface area contributed by atoms with E-state index in [-0.39, 0.29) is 12.3 Å². The number of hydroxylamine groups is 1. The summed E-state index contributed by atoms with van der Waals surface area (Å²) in [7, 11) is -3.69. The van der Waals surface area contributed by atoms with Crippen LogP contribution in [0.1, 0.15) is 46.1 Å². The molecule has 0 aliphatic rings. The predicted molar refractivity (Wildman–Crippen MR) is 116 cm³/mol. The fourth-order valence-electron chi connectivity index (χ4n) is 3.20. The van der Waals surface area contributed by atoms with E-state index < -0.39 is 39.7 Å². The molecule has 3 N–H and O–H groups in total. The minimum Gasteiger partial charge on any atom is -0.289 e. The molecule has 0 spiro atoms. The van der Waals surface area contributed by atoms with Gasteiger partial charge in [0.15, 0.2) is 0 Å². The molecule has 30 heavy (non-hydrogen) atoms. The van der Waals surface area contributed by atoms with Crippen molar-refractivity contribution in [3.63, 3.8) is 0 Å². The van der Waals surface area contributed by atoms with Crippen LogP contribution in [0.5, 0.6) is 0 Å². The first-order valence-corrected chi connectivity index (χ1v) is 11.8. The lowest BCUT2D eigenvalue weighted by molar-refractivity contribution is -0.142. The van der Waals surface area contributed by atoms with E-state index in [9.17, 15) is 23.2 Å². The standard InChI is InChI=1S/C21H33N3O5S/c1-15(2)14-19(20(25)22-24(16(3)4)30(5,28)29)18(21(26)23-27)13-9-12-17-10-7-6-8-11-17/h6-12,15-16,18-19,27H,13-14H2,1-5H3,(H,22,25)(H,23,26)/t18-,19-/m0/s1. The van der Waals surface area contributed by atoms with Gasteiger partial charge in [-0.2, -0.15) is 0 Å². The molecule has 0 radical (unpaired) electrons. The van der Waals surface area contributed by atoms with E-state index in [1.807, 2.05) is 50.3 Å². The number of amides is 2. The predicted octanol–water partition coefficient (Wildman–Crippen LogP) is 2.58. The Morgan fingerprint density at radius 1 is 1.07 bits per heavy atom. The van der Waals surface area contributed by atoms with Crippen molar-refractivity contribution in [1.82, 2.24) is 15.3 Å². The lowest BCUT2D eigenvalue weighted by atomic mass is 9.82. The SMILES string of the molecule is CC(C)C[C@H](C(=O)NN(C(C)C)S(C)(=O)=O)[C@H](CC=Cc1ccccc1)C(=O)NO. The van der Waals surface area contributed by atoms with Gasteiger partial charge in [0.25, 0.3) is 0 Å². The van der Waals surface area contributed by atoms with Crippen LogP contribution in [0.4, 0.5) is 0 Å². The number of hydrogen-bond acceptors (Lipinski definition) is 5. The molecule has 0 saturated carbocycles. The van der Waals surface area contributed by atoms with Crippen LogP contribution in [0.2, 0.25) is 0 Å². The van der Waals surface area contributed by atoms with Crippen LogP contribution in [0, 0.1) is 17.8 Å². The second kappa shape index (κ2) is 11.8. The molecule has 1 aromatic rings. The van der Waals surface area contributed by atoms with Crippen LogP contribution in [-0.4, -0.2) is 42.2 Å². The van der Waals surface area contributed by atoms with Gasteiger partial charge in [0.2, 0.25) is 21.8 Å². The maximum absolute atomic E-state index is 13.0. The Morgan fingerprint density at radius 2 is 1.67 bits per heavy atom. The average molecular weight is 440 g/mol. The van der Waals surface area contributed by atoms with Gasteiger partial charge < -0.3 is 0 Å². The number of hydrogen-bond donors (Lipinski definition) is 3. The summed E-state index contributed by atoms with van der Waals surface area (Å²) < 4.78 is 24.9. The summed E-state index contributed by atoms with van der Waals surface area (Å²) >= 11 is 0. The normalized spacial score (nSPS) is 14.3. The minimum absolute atomic E-state index is 0.0681. The maximum Gasteiger partial charge on any atom is 0.247 e. The van der Waals surface area contributed by atoms with E-state index in [4.69, 9.17) is 0 Å². The molecule has 0 bridgehead atoms. The smallest absolute Gasteiger partial charge is 0.247 e. The van der Waals surface area contributed by atoms with Gasteiger partial charge in [0, 0.05) is 6.04 Å². The molecule has 1 aromatic carbocycles. The van der Waals surface area contributed by atoms with Gasteiger partial charge >= 0.3 is 0 Å². The number of hydrazine groups is 1. The number of nitrogens with one attached hydrogen (secondary N) is 2. The summed E-state index contributed by atoms with van der Waals surface area (Å²) in [5.41, 5.74) is 5.03. The molecule has 0 aliphatic carbocycles. The van der Waals surface area contributed by atoms with Gasteiger partial charge in [0.05, 0.1) is 18.1 Å². The Morgan fingerprint density at radius 3 is 2.13 bits per heavy atom. The zero-order valence-corrected chi connectivity index (χ0v) is 19.0. The molecule has 9 heteroatoms. The first kappa shape index (κ1) is 25.8. The summed E-state index contributed by atoms with van der Waals surface area (Å²) in [6.45, 7) is 7.09. The Bertz CT molecular complexity index is 822. The van der Waals surface area contributed by atoms with E-state index in [0.29, 0.717) is 6.42 Å². The second-order valence-electron chi connectivity index (χ2n) is 8.00. The molecule has 0 fully saturated rings. The first-order valence-electron chi connectivity index (χ1n) is 9.92. The van der Waals surface area contributed by atoms with Gasteiger partial charge in [-0.1, -0.05) is 56.3 Å². The minimum atomic E-state index is -3.69. The van der Waals surface area contributed by atoms with Crippen molar-refractivity contribution in [1.29, 1.82) is 0 Å². The van der Waals surface area contributed by atoms with Crippen LogP contribution in [0.15, 0.2) is 36.4 Å². The molecular formula is C21H33N3O5S. The third-order valence-electron chi connectivity index (χ3n) is 4.54. The van der Waals surface area contributed by atoms with E-state index in [0.717, 1.165) is 16.2 Å². The van der Waals surface area contributed by atoms with Crippen LogP contribution in [0.3, 0.4) is 0 Å². The van der Waals surface area contributed by atoms with Crippen LogP contribution in [0.25, 0.3) is 6.08 Å². The quantitative estimate of drug-likeness (QED) is 0.362. The molecule has 0 aromatic heterocycles. The van der Waals surface area contributed by atoms with Crippen molar-refractivity contribution in [2.75, 3.05) is 6.26 Å². The fourth-order valence-corrected chi connectivity index (χ4v) is 4.22. The number of rotatable bonds is 11. The summed E-state index contributed by atoms with van der Waals surface area (Å²) in [5.74, 6) is -2.90. The summed E-state index contributed by atoms with van der Waals surface area (Å²) in [6.07, 6.45) is 5.15. The number of sulfonamides is 1. The van der Waals surface area contributed by atoms with Crippen molar-refractivity contribution in [3.05, 3.63) is 42.0 Å². The Labute approximate surface area is 179 Å². The Hall–Kier alpha value is -2.23. The monoisotopic (exact) mass is 439 g/mol. The average Bonchev–Trinajstić information content (AvgIpc) is 2.66. The number of carbonyl (C=O) groups is 2. The second-order valence-corrected chi connectivity index (χ2v) is 9.86. The van der Waals surface area contributed by atoms with E-state index in [1.54, 1.807) is 25.4 Å². The molecule has 0 saturated heterocycles. The molecule has 8 nitrogen and oxygen atoms in total. The number of nitrogens with zero attached hydrogens (tertiary/aromatic N) is 1. The van der Waals surface area contributed by atoms with Crippen molar-refractivity contribution in [2.45, 2.75) is 46.6 Å². The highest BCUT2D eigenvalue weighted by Crippen LogP contribution is 2.26. The topological polar surface area (TPSA) is 116 Å². The lowest BCUT2D eigenvalue weighted by Gasteiger charge is -2.30. The highest BCUT2D eigenvalue weighted by atomic mass is 32.2. The van der Waals surface area contributed by atoms with Gasteiger partial charge in [0.1, 0.15) is 0 Å². The van der Waals surface area contributed by atoms with Crippen molar-refractivity contribution < 1.29 is 23.2 Å². The van der Waals surface area contributed by atoms with Gasteiger partial charge in [-0.3, -0.25) is 20.2 Å². The summed E-state index contributed by atoms with van der Waals surface area (Å²) in [5, 5.41) is 9.22. The molecule has 0 heterocycles. The number of carbonyl (C=O) groups excluding carboxylic acids is 2. The molecule has 168 valence electrons. The van der Waals surface area contributed by atoms with Crippen LogP contribution < -0.4 is 10.9 Å². The summed E-state index contributed by atoms with van der Waals surface area (Å²) in [4.78, 5) is 25.4. The molecule has 0 unspecified atom stereocenters. The molecule has 2 amide bonds. The highest BCUT2D eigenvalue weighted by Gasteiger charge is 2.35. The van der Waals surface area contributed by atoms with Gasteiger partial charge in [-0.05, 0) is 38.2 Å². The molecule has 0 aliphatic heterocycles. The van der Waals surface area contributed by atoms with E-state index in [1.165, 1.54) is 0 Å². The first-order chi connectivity index (χ1) is 14.0. The number of allylic oxidation sites excluding steroid dienone is 1. The third kappa shape index (κ3) is 8.25. The Balaban J connectivity index is 3.15. The number of benzene rings is 1. The molecular weight excluding hydrogens is 406 g/mol. The van der Waals surface area contributed by atoms with E-state index >= 15 is 0 Å². The third-order valence-corrected chi connectivity index (χ3v) is 5.77. The largest absolute Gasteiger partial charge is 0.289 e. The molecule has 2 atom stereocenters. The van der Waals surface area contributed by atoms with Crippen molar-refractivity contribution in [3.8, 4) is 0 Å². The zero-order valence-electron chi connectivity index (χ0n) is 18.2. The fraction of sp³-hybridized carbons (Fsp3) is 0.524. The van der Waals surface area contributed by atoms with Gasteiger partial charge in [-0.15, -0.1) is 4.41 Å². The van der Waals surface area contributed by atoms with Crippen molar-refractivity contribution >= 4 is 27.9 Å². The Kier molecular flexibility index (Phi) is 10.2. The maximum atomic E-state index is 13.0.